The Hall–Kier alpha value is -2.96. The molecule has 130 valence electrons. The van der Waals surface area contributed by atoms with Crippen LogP contribution >= 0.6 is 0 Å². The first-order valence-corrected chi connectivity index (χ1v) is 8.57. The predicted molar refractivity (Wildman–Crippen MR) is 98.6 cm³/mol. The van der Waals surface area contributed by atoms with Gasteiger partial charge in [0.1, 0.15) is 5.82 Å². The van der Waals surface area contributed by atoms with Gasteiger partial charge in [0, 0.05) is 50.6 Å². The lowest BCUT2D eigenvalue weighted by molar-refractivity contribution is 0.777. The third-order valence-electron chi connectivity index (χ3n) is 3.73. The fourth-order valence-corrected chi connectivity index (χ4v) is 2.53. The number of fused-ring (bicyclic) bond motifs is 1. The fourth-order valence-electron chi connectivity index (χ4n) is 2.53. The molecule has 7 heteroatoms. The van der Waals surface area contributed by atoms with E-state index in [1.54, 1.807) is 0 Å². The largest absolute Gasteiger partial charge is 0.357 e. The third kappa shape index (κ3) is 4.76. The molecule has 7 nitrogen and oxygen atoms in total. The molecule has 0 spiro atoms. The highest BCUT2D eigenvalue weighted by atomic mass is 15.2. The van der Waals surface area contributed by atoms with E-state index in [-0.39, 0.29) is 0 Å². The van der Waals surface area contributed by atoms with E-state index in [1.807, 2.05) is 53.2 Å². The lowest BCUT2D eigenvalue weighted by Crippen LogP contribution is -2.38. The van der Waals surface area contributed by atoms with E-state index in [1.165, 1.54) is 0 Å². The molecule has 0 amide bonds. The first kappa shape index (κ1) is 16.9. The van der Waals surface area contributed by atoms with Crippen molar-refractivity contribution in [2.45, 2.75) is 19.8 Å². The van der Waals surface area contributed by atoms with Crippen molar-refractivity contribution < 1.29 is 0 Å². The second kappa shape index (κ2) is 8.77. The topological polar surface area (TPSA) is 79.5 Å². The lowest BCUT2D eigenvalue weighted by atomic mass is 10.3. The molecule has 3 heterocycles. The van der Waals surface area contributed by atoms with Gasteiger partial charge in [-0.15, -0.1) is 10.2 Å². The number of pyridine rings is 2. The Labute approximate surface area is 147 Å². The summed E-state index contributed by atoms with van der Waals surface area (Å²) in [4.78, 5) is 8.95. The maximum absolute atomic E-state index is 4.62. The Morgan fingerprint density at radius 2 is 2.00 bits per heavy atom. The van der Waals surface area contributed by atoms with Crippen molar-refractivity contribution in [2.75, 3.05) is 19.6 Å². The van der Waals surface area contributed by atoms with Crippen molar-refractivity contribution >= 4 is 11.6 Å². The van der Waals surface area contributed by atoms with Crippen LogP contribution in [0.2, 0.25) is 0 Å². The molecule has 0 saturated carbocycles. The Kier molecular flexibility index (Phi) is 5.92. The molecule has 2 N–H and O–H groups in total. The summed E-state index contributed by atoms with van der Waals surface area (Å²) in [7, 11) is 0. The van der Waals surface area contributed by atoms with Crippen molar-refractivity contribution in [1.29, 1.82) is 0 Å². The average Bonchev–Trinajstić information content (AvgIpc) is 3.06. The molecule has 0 aliphatic heterocycles. The quantitative estimate of drug-likeness (QED) is 0.504. The van der Waals surface area contributed by atoms with Crippen LogP contribution in [-0.4, -0.2) is 45.2 Å². The van der Waals surface area contributed by atoms with Gasteiger partial charge in [-0.3, -0.25) is 14.4 Å². The minimum atomic E-state index is 0.647. The zero-order valence-electron chi connectivity index (χ0n) is 14.4. The van der Waals surface area contributed by atoms with Gasteiger partial charge in [0.2, 0.25) is 0 Å². The highest BCUT2D eigenvalue weighted by molar-refractivity contribution is 5.79. The molecule has 0 unspecified atom stereocenters. The number of guanidine groups is 1. The predicted octanol–water partition coefficient (Wildman–Crippen LogP) is 1.46. The van der Waals surface area contributed by atoms with E-state index < -0.39 is 0 Å². The van der Waals surface area contributed by atoms with Gasteiger partial charge in [-0.1, -0.05) is 12.1 Å². The molecule has 0 aliphatic carbocycles. The molecule has 0 fully saturated rings. The molecule has 0 atom stereocenters. The number of hydrogen-bond donors (Lipinski definition) is 2. The first-order chi connectivity index (χ1) is 12.4. The van der Waals surface area contributed by atoms with E-state index in [0.29, 0.717) is 6.54 Å². The molecule has 3 rings (SSSR count). The van der Waals surface area contributed by atoms with Crippen LogP contribution in [0.1, 0.15) is 18.4 Å². The van der Waals surface area contributed by atoms with Crippen LogP contribution in [0.5, 0.6) is 0 Å². The summed E-state index contributed by atoms with van der Waals surface area (Å²) >= 11 is 0. The molecule has 25 heavy (non-hydrogen) atoms. The molecule has 3 aromatic heterocycles. The zero-order valence-corrected chi connectivity index (χ0v) is 14.4. The summed E-state index contributed by atoms with van der Waals surface area (Å²) in [6.07, 6.45) is 5.39. The highest BCUT2D eigenvalue weighted by Gasteiger charge is 2.04. The number of nitrogens with one attached hydrogen (secondary N) is 2. The Bertz CT molecular complexity index is 810. The van der Waals surface area contributed by atoms with Crippen molar-refractivity contribution in [3.05, 3.63) is 60.3 Å². The smallest absolute Gasteiger partial charge is 0.191 e. The summed E-state index contributed by atoms with van der Waals surface area (Å²) in [5, 5.41) is 15.0. The lowest BCUT2D eigenvalue weighted by Gasteiger charge is -2.10. The van der Waals surface area contributed by atoms with Gasteiger partial charge in [0.05, 0.1) is 0 Å². The van der Waals surface area contributed by atoms with E-state index in [4.69, 9.17) is 0 Å². The SMILES string of the molecule is CCNC(=NCCc1nnc2ccccn12)NCCc1ccccn1. The van der Waals surface area contributed by atoms with Crippen LogP contribution in [0.3, 0.4) is 0 Å². The normalized spacial score (nSPS) is 11.6. The van der Waals surface area contributed by atoms with Crippen LogP contribution in [0.15, 0.2) is 53.8 Å². The fraction of sp³-hybridized carbons (Fsp3) is 0.333. The Morgan fingerprint density at radius 1 is 1.08 bits per heavy atom. The van der Waals surface area contributed by atoms with E-state index in [2.05, 4.69) is 37.7 Å². The Balaban J connectivity index is 1.53. The number of hydrogen-bond acceptors (Lipinski definition) is 4. The summed E-state index contributed by atoms with van der Waals surface area (Å²) in [6, 6.07) is 11.8. The number of rotatable bonds is 7. The van der Waals surface area contributed by atoms with Crippen LogP contribution < -0.4 is 10.6 Å². The van der Waals surface area contributed by atoms with Gasteiger partial charge in [-0.25, -0.2) is 0 Å². The van der Waals surface area contributed by atoms with Gasteiger partial charge in [0.15, 0.2) is 11.6 Å². The summed E-state index contributed by atoms with van der Waals surface area (Å²) in [5.41, 5.74) is 1.93. The van der Waals surface area contributed by atoms with Crippen LogP contribution in [-0.2, 0) is 12.8 Å². The summed E-state index contributed by atoms with van der Waals surface area (Å²) in [5.74, 6) is 1.73. The maximum Gasteiger partial charge on any atom is 0.191 e. The molecule has 0 radical (unpaired) electrons. The molecule has 3 aromatic rings. The van der Waals surface area contributed by atoms with E-state index in [9.17, 15) is 0 Å². The van der Waals surface area contributed by atoms with Crippen LogP contribution in [0.25, 0.3) is 5.65 Å². The Morgan fingerprint density at radius 3 is 2.84 bits per heavy atom. The van der Waals surface area contributed by atoms with Crippen LogP contribution in [0.4, 0.5) is 0 Å². The molecular formula is C18H23N7. The van der Waals surface area contributed by atoms with Gasteiger partial charge in [-0.05, 0) is 31.2 Å². The van der Waals surface area contributed by atoms with Gasteiger partial charge in [-0.2, -0.15) is 0 Å². The first-order valence-electron chi connectivity index (χ1n) is 8.57. The van der Waals surface area contributed by atoms with Crippen molar-refractivity contribution in [1.82, 2.24) is 30.2 Å². The van der Waals surface area contributed by atoms with Gasteiger partial charge in [0.25, 0.3) is 0 Å². The average molecular weight is 337 g/mol. The maximum atomic E-state index is 4.62. The monoisotopic (exact) mass is 337 g/mol. The van der Waals surface area contributed by atoms with Crippen molar-refractivity contribution in [3.8, 4) is 0 Å². The second-order valence-corrected chi connectivity index (χ2v) is 5.55. The highest BCUT2D eigenvalue weighted by Crippen LogP contribution is 2.03. The van der Waals surface area contributed by atoms with Gasteiger partial charge < -0.3 is 10.6 Å². The molecular weight excluding hydrogens is 314 g/mol. The third-order valence-corrected chi connectivity index (χ3v) is 3.73. The molecule has 0 bridgehead atoms. The summed E-state index contributed by atoms with van der Waals surface area (Å²) < 4.78 is 2.00. The second-order valence-electron chi connectivity index (χ2n) is 5.55. The molecule has 0 aliphatic rings. The van der Waals surface area contributed by atoms with Crippen molar-refractivity contribution in [2.24, 2.45) is 4.99 Å². The minimum absolute atomic E-state index is 0.647. The van der Waals surface area contributed by atoms with Crippen LogP contribution in [0, 0.1) is 0 Å². The molecule has 0 aromatic carbocycles. The zero-order chi connectivity index (χ0) is 17.3. The van der Waals surface area contributed by atoms with Gasteiger partial charge >= 0.3 is 0 Å². The number of aliphatic imine (C=N–C) groups is 1. The van der Waals surface area contributed by atoms with E-state index in [0.717, 1.165) is 49.1 Å². The number of aromatic nitrogens is 4. The van der Waals surface area contributed by atoms with Crippen molar-refractivity contribution in [3.63, 3.8) is 0 Å². The summed E-state index contributed by atoms with van der Waals surface area (Å²) in [6.45, 7) is 4.32. The minimum Gasteiger partial charge on any atom is -0.357 e. The number of nitrogens with zero attached hydrogens (tertiary/aromatic N) is 5. The molecule has 0 saturated heterocycles. The van der Waals surface area contributed by atoms with E-state index >= 15 is 0 Å². The standard InChI is InChI=1S/C18H23N7/c1-2-19-18(21-12-9-15-7-3-5-11-20-15)22-13-10-17-24-23-16-8-4-6-14-25(16)17/h3-8,11,14H,2,9-10,12-13H2,1H3,(H2,19,21,22).